The first kappa shape index (κ1) is 34.0. The lowest BCUT2D eigenvalue weighted by Crippen LogP contribution is -2.25. The zero-order valence-electron chi connectivity index (χ0n) is 21.0. The average molecular weight is 475 g/mol. The second-order valence-corrected chi connectivity index (χ2v) is 8.98. The van der Waals surface area contributed by atoms with E-state index in [-0.39, 0.29) is 11.8 Å². The molecule has 8 nitrogen and oxygen atoms in total. The Morgan fingerprint density at radius 2 is 0.636 bits per heavy atom. The van der Waals surface area contributed by atoms with E-state index in [0.29, 0.717) is 25.7 Å². The molecule has 0 unspecified atom stereocenters. The van der Waals surface area contributed by atoms with E-state index in [1.54, 1.807) is 0 Å². The highest BCUT2D eigenvalue weighted by molar-refractivity contribution is 5.72. The van der Waals surface area contributed by atoms with Crippen molar-refractivity contribution in [2.75, 3.05) is 26.2 Å². The lowest BCUT2D eigenvalue weighted by molar-refractivity contribution is -0.148. The fraction of sp³-hybridized carbons (Fsp3) is 0.920. The number of carboxylic acids is 2. The van der Waals surface area contributed by atoms with Gasteiger partial charge in [0.05, 0.1) is 11.8 Å². The molecule has 8 heteroatoms. The monoisotopic (exact) mass is 474 g/mol. The highest BCUT2D eigenvalue weighted by Gasteiger charge is 2.29. The third kappa shape index (κ3) is 25.2. The van der Waals surface area contributed by atoms with Gasteiger partial charge in [-0.2, -0.15) is 0 Å². The number of carboxylic acid groups (broad SMARTS) is 2. The lowest BCUT2D eigenvalue weighted by atomic mass is 9.82. The van der Waals surface area contributed by atoms with E-state index in [4.69, 9.17) is 33.1 Å². The molecule has 0 aromatic heterocycles. The van der Waals surface area contributed by atoms with Crippen LogP contribution in [0.2, 0.25) is 0 Å². The minimum Gasteiger partial charge on any atom is -0.481 e. The maximum absolute atomic E-state index is 10.5. The van der Waals surface area contributed by atoms with Crippen molar-refractivity contribution >= 4 is 11.9 Å². The summed E-state index contributed by atoms with van der Waals surface area (Å²) in [6.07, 6.45) is 18.8. The fourth-order valence-electron chi connectivity index (χ4n) is 3.76. The van der Waals surface area contributed by atoms with Gasteiger partial charge in [-0.3, -0.25) is 9.59 Å². The van der Waals surface area contributed by atoms with Crippen LogP contribution in [0.25, 0.3) is 0 Å². The van der Waals surface area contributed by atoms with Crippen LogP contribution in [-0.2, 0) is 9.59 Å². The zero-order chi connectivity index (χ0) is 25.2. The van der Waals surface area contributed by atoms with E-state index in [0.717, 1.165) is 39.0 Å². The molecule has 0 radical (unpaired) electrons. The summed E-state index contributed by atoms with van der Waals surface area (Å²) in [6, 6.07) is 0. The Bertz CT molecular complexity index is 393. The maximum Gasteiger partial charge on any atom is 0.306 e. The van der Waals surface area contributed by atoms with Crippen LogP contribution in [0.15, 0.2) is 0 Å². The first-order chi connectivity index (χ1) is 15.9. The molecule has 0 amide bonds. The number of unbranched alkanes of at least 4 members (excludes halogenated alkanes) is 11. The standard InChI is InChI=1S/C11H26N2.C8H12O4.C6H16N2/c12-10-8-6-4-2-1-3-5-7-9-11-13;9-7(10)5-1-2-6(4-3-5)8(11)12;7-5-3-1-2-4-6-8/h1-13H2;5-6H,1-4H2,(H,9,10)(H,11,12);1-8H2. The smallest absolute Gasteiger partial charge is 0.306 e. The van der Waals surface area contributed by atoms with Crippen molar-refractivity contribution in [3.63, 3.8) is 0 Å². The van der Waals surface area contributed by atoms with Crippen molar-refractivity contribution in [3.8, 4) is 0 Å². The minimum atomic E-state index is -0.793. The van der Waals surface area contributed by atoms with Gasteiger partial charge in [-0.25, -0.2) is 0 Å². The van der Waals surface area contributed by atoms with Crippen LogP contribution in [-0.4, -0.2) is 48.3 Å². The van der Waals surface area contributed by atoms with Gasteiger partial charge in [-0.15, -0.1) is 0 Å². The van der Waals surface area contributed by atoms with Crippen molar-refractivity contribution in [3.05, 3.63) is 0 Å². The fourth-order valence-corrected chi connectivity index (χ4v) is 3.76. The van der Waals surface area contributed by atoms with Gasteiger partial charge in [0.15, 0.2) is 0 Å². The molecule has 0 spiro atoms. The summed E-state index contributed by atoms with van der Waals surface area (Å²) in [5.74, 6) is -2.22. The Morgan fingerprint density at radius 3 is 0.788 bits per heavy atom. The van der Waals surface area contributed by atoms with Crippen LogP contribution >= 0.6 is 0 Å². The number of nitrogens with two attached hydrogens (primary N) is 4. The van der Waals surface area contributed by atoms with Gasteiger partial charge >= 0.3 is 11.9 Å². The molecule has 1 rings (SSSR count). The molecule has 1 aliphatic rings. The Hall–Kier alpha value is -1.22. The van der Waals surface area contributed by atoms with Crippen LogP contribution < -0.4 is 22.9 Å². The van der Waals surface area contributed by atoms with Crippen molar-refractivity contribution in [2.45, 2.75) is 109 Å². The Labute approximate surface area is 202 Å². The zero-order valence-corrected chi connectivity index (χ0v) is 21.0. The van der Waals surface area contributed by atoms with E-state index in [1.165, 1.54) is 70.6 Å². The van der Waals surface area contributed by atoms with E-state index < -0.39 is 11.9 Å². The molecule has 33 heavy (non-hydrogen) atoms. The average Bonchev–Trinajstić information content (AvgIpc) is 2.82. The highest BCUT2D eigenvalue weighted by Crippen LogP contribution is 2.28. The number of rotatable bonds is 17. The van der Waals surface area contributed by atoms with E-state index in [9.17, 15) is 9.59 Å². The van der Waals surface area contributed by atoms with Crippen LogP contribution in [0.4, 0.5) is 0 Å². The Kier molecular flexibility index (Phi) is 27.8. The Balaban J connectivity index is 0. The molecule has 0 bridgehead atoms. The summed E-state index contributed by atoms with van der Waals surface area (Å²) in [7, 11) is 0. The Morgan fingerprint density at radius 1 is 0.455 bits per heavy atom. The molecular formula is C25H54N4O4. The summed E-state index contributed by atoms with van der Waals surface area (Å²) >= 11 is 0. The van der Waals surface area contributed by atoms with E-state index in [1.807, 2.05) is 0 Å². The predicted octanol–water partition coefficient (Wildman–Crippen LogP) is 3.84. The van der Waals surface area contributed by atoms with Gasteiger partial charge in [0.25, 0.3) is 0 Å². The summed E-state index contributed by atoms with van der Waals surface area (Å²) in [6.45, 7) is 3.36. The number of hydrogen-bond donors (Lipinski definition) is 6. The second-order valence-electron chi connectivity index (χ2n) is 8.98. The van der Waals surface area contributed by atoms with Crippen molar-refractivity contribution in [1.29, 1.82) is 0 Å². The maximum atomic E-state index is 10.5. The minimum absolute atomic E-state index is 0.319. The molecule has 0 aromatic rings. The summed E-state index contributed by atoms with van der Waals surface area (Å²) in [5, 5.41) is 17.2. The van der Waals surface area contributed by atoms with Gasteiger partial charge in [-0.1, -0.05) is 57.8 Å². The van der Waals surface area contributed by atoms with Gasteiger partial charge in [0.1, 0.15) is 0 Å². The molecule has 198 valence electrons. The number of carbonyl (C=O) groups is 2. The SMILES string of the molecule is NCCCCCCCCCCCN.NCCCCCCN.O=C(O)C1CCC(C(=O)O)CC1. The van der Waals surface area contributed by atoms with Crippen LogP contribution in [0.1, 0.15) is 109 Å². The van der Waals surface area contributed by atoms with Crippen molar-refractivity contribution < 1.29 is 19.8 Å². The van der Waals surface area contributed by atoms with Crippen molar-refractivity contribution in [1.82, 2.24) is 0 Å². The topological polar surface area (TPSA) is 179 Å². The molecule has 0 heterocycles. The first-order valence-corrected chi connectivity index (χ1v) is 13.2. The molecule has 1 saturated carbocycles. The number of aliphatic carboxylic acids is 2. The summed E-state index contributed by atoms with van der Waals surface area (Å²) in [5.41, 5.74) is 21.4. The molecule has 1 aliphatic carbocycles. The van der Waals surface area contributed by atoms with Crippen LogP contribution in [0.5, 0.6) is 0 Å². The molecular weight excluding hydrogens is 420 g/mol. The van der Waals surface area contributed by atoms with Gasteiger partial charge in [0, 0.05) is 0 Å². The van der Waals surface area contributed by atoms with Gasteiger partial charge < -0.3 is 33.1 Å². The largest absolute Gasteiger partial charge is 0.481 e. The number of hydrogen-bond acceptors (Lipinski definition) is 6. The summed E-state index contributed by atoms with van der Waals surface area (Å²) in [4.78, 5) is 21.0. The lowest BCUT2D eigenvalue weighted by Gasteiger charge is -2.22. The quantitative estimate of drug-likeness (QED) is 0.172. The third-order valence-electron chi connectivity index (χ3n) is 5.99. The van der Waals surface area contributed by atoms with Crippen molar-refractivity contribution in [2.24, 2.45) is 34.8 Å². The molecule has 0 aliphatic heterocycles. The third-order valence-corrected chi connectivity index (χ3v) is 5.99. The van der Waals surface area contributed by atoms with Crippen LogP contribution in [0, 0.1) is 11.8 Å². The van der Waals surface area contributed by atoms with Gasteiger partial charge in [0.2, 0.25) is 0 Å². The van der Waals surface area contributed by atoms with Gasteiger partial charge in [-0.05, 0) is 77.5 Å². The highest BCUT2D eigenvalue weighted by atomic mass is 16.4. The molecule has 0 saturated heterocycles. The second kappa shape index (κ2) is 27.0. The molecule has 1 fully saturated rings. The first-order valence-electron chi connectivity index (χ1n) is 13.2. The predicted molar refractivity (Wildman–Crippen MR) is 137 cm³/mol. The van der Waals surface area contributed by atoms with E-state index in [2.05, 4.69) is 0 Å². The normalized spacial score (nSPS) is 17.3. The molecule has 0 aromatic carbocycles. The molecule has 10 N–H and O–H groups in total. The molecule has 0 atom stereocenters. The van der Waals surface area contributed by atoms with E-state index >= 15 is 0 Å². The summed E-state index contributed by atoms with van der Waals surface area (Å²) < 4.78 is 0. The van der Waals surface area contributed by atoms with Crippen LogP contribution in [0.3, 0.4) is 0 Å².